The first kappa shape index (κ1) is 37.1. The summed E-state index contributed by atoms with van der Waals surface area (Å²) in [5.41, 5.74) is 13.8. The van der Waals surface area contributed by atoms with Crippen molar-refractivity contribution in [1.82, 2.24) is 19.1 Å². The van der Waals surface area contributed by atoms with Crippen LogP contribution in [0.3, 0.4) is 0 Å². The molecule has 0 aliphatic rings. The first-order valence-corrected chi connectivity index (χ1v) is 22.5. The van der Waals surface area contributed by atoms with Crippen LogP contribution >= 0.6 is 0 Å². The zero-order valence-electron chi connectivity index (χ0n) is 35.9. The SMILES string of the molecule is N#Cc1cccc(-c2ccc3c(c2)oc2c(-c4cccc5c4c4ccccc4n5-c4ccccc4)nc(-c4ccc(-n5c6cc7ccccc7cc6c6ccc7ccccc7c65)cc4)nc23)c1. The van der Waals surface area contributed by atoms with E-state index in [1.807, 2.05) is 36.4 Å². The molecule has 0 radical (unpaired) electrons. The van der Waals surface area contributed by atoms with Gasteiger partial charge in [-0.3, -0.25) is 0 Å². The van der Waals surface area contributed by atoms with Gasteiger partial charge in [-0.05, 0) is 112 Å². The fourth-order valence-corrected chi connectivity index (χ4v) is 10.5. The minimum atomic E-state index is 0.602. The van der Waals surface area contributed by atoms with Crippen LogP contribution in [0, 0.1) is 11.3 Å². The molecule has 310 valence electrons. The van der Waals surface area contributed by atoms with Gasteiger partial charge in [-0.15, -0.1) is 0 Å². The average Bonchev–Trinajstić information content (AvgIpc) is 4.05. The van der Waals surface area contributed by atoms with Gasteiger partial charge in [-0.1, -0.05) is 127 Å². The van der Waals surface area contributed by atoms with E-state index in [0.717, 1.165) is 77.5 Å². The predicted molar refractivity (Wildman–Crippen MR) is 274 cm³/mol. The van der Waals surface area contributed by atoms with Gasteiger partial charge in [0.2, 0.25) is 0 Å². The summed E-state index contributed by atoms with van der Waals surface area (Å²) in [6.07, 6.45) is 0. The molecule has 67 heavy (non-hydrogen) atoms. The Morgan fingerprint density at radius 2 is 1.12 bits per heavy atom. The fourth-order valence-electron chi connectivity index (χ4n) is 10.5. The topological polar surface area (TPSA) is 72.6 Å². The van der Waals surface area contributed by atoms with Crippen molar-refractivity contribution in [3.05, 3.63) is 218 Å². The van der Waals surface area contributed by atoms with Crippen molar-refractivity contribution in [3.63, 3.8) is 0 Å². The second kappa shape index (κ2) is 14.3. The van der Waals surface area contributed by atoms with Crippen LogP contribution in [0.4, 0.5) is 0 Å². The lowest BCUT2D eigenvalue weighted by atomic mass is 10.0. The summed E-state index contributed by atoms with van der Waals surface area (Å²) in [6.45, 7) is 0. The van der Waals surface area contributed by atoms with E-state index in [1.165, 1.54) is 37.8 Å². The van der Waals surface area contributed by atoms with Gasteiger partial charge >= 0.3 is 0 Å². The Labute approximate surface area is 383 Å². The molecule has 0 fully saturated rings. The number of fused-ring (bicyclic) bond motifs is 12. The van der Waals surface area contributed by atoms with Crippen LogP contribution in [0.15, 0.2) is 217 Å². The fraction of sp³-hybridized carbons (Fsp3) is 0. The zero-order valence-corrected chi connectivity index (χ0v) is 35.9. The number of aromatic nitrogens is 4. The predicted octanol–water partition coefficient (Wildman–Crippen LogP) is 15.7. The molecule has 0 atom stereocenters. The molecule has 6 nitrogen and oxygen atoms in total. The highest BCUT2D eigenvalue weighted by atomic mass is 16.3. The number of nitrogens with zero attached hydrogens (tertiary/aromatic N) is 5. The van der Waals surface area contributed by atoms with E-state index in [4.69, 9.17) is 14.4 Å². The van der Waals surface area contributed by atoms with Crippen LogP contribution in [0.2, 0.25) is 0 Å². The van der Waals surface area contributed by atoms with Crippen LogP contribution in [0.1, 0.15) is 5.56 Å². The Morgan fingerprint density at radius 1 is 0.433 bits per heavy atom. The lowest BCUT2D eigenvalue weighted by Crippen LogP contribution is -1.97. The number of hydrogen-bond acceptors (Lipinski definition) is 4. The molecular formula is C61H35N5O. The Hall–Kier alpha value is -9.31. The third-order valence-corrected chi connectivity index (χ3v) is 13.5. The molecule has 0 N–H and O–H groups in total. The van der Waals surface area contributed by atoms with E-state index in [1.54, 1.807) is 0 Å². The first-order valence-electron chi connectivity index (χ1n) is 22.5. The quantitative estimate of drug-likeness (QED) is 0.173. The van der Waals surface area contributed by atoms with Crippen molar-refractivity contribution in [2.24, 2.45) is 0 Å². The molecule has 0 saturated heterocycles. The highest BCUT2D eigenvalue weighted by Crippen LogP contribution is 2.44. The highest BCUT2D eigenvalue weighted by molar-refractivity contribution is 6.21. The summed E-state index contributed by atoms with van der Waals surface area (Å²) < 4.78 is 11.7. The number of benzene rings is 10. The van der Waals surface area contributed by atoms with Crippen LogP contribution in [-0.4, -0.2) is 19.1 Å². The minimum absolute atomic E-state index is 0.602. The number of hydrogen-bond donors (Lipinski definition) is 0. The summed E-state index contributed by atoms with van der Waals surface area (Å²) in [5.74, 6) is 0.602. The number of rotatable bonds is 5. The summed E-state index contributed by atoms with van der Waals surface area (Å²) in [4.78, 5) is 10.8. The van der Waals surface area contributed by atoms with Crippen molar-refractivity contribution >= 4 is 87.2 Å². The zero-order chi connectivity index (χ0) is 44.2. The number of furan rings is 1. The van der Waals surface area contributed by atoms with Gasteiger partial charge in [0.25, 0.3) is 0 Å². The summed E-state index contributed by atoms with van der Waals surface area (Å²) in [6, 6.07) is 76.8. The molecular weight excluding hydrogens is 819 g/mol. The van der Waals surface area contributed by atoms with E-state index in [-0.39, 0.29) is 0 Å². The smallest absolute Gasteiger partial charge is 0.180 e. The Morgan fingerprint density at radius 3 is 1.97 bits per heavy atom. The van der Waals surface area contributed by atoms with Crippen LogP contribution in [0.25, 0.3) is 132 Å². The molecule has 0 aliphatic heterocycles. The van der Waals surface area contributed by atoms with E-state index in [0.29, 0.717) is 22.6 Å². The van der Waals surface area contributed by atoms with Crippen molar-refractivity contribution in [2.75, 3.05) is 0 Å². The molecule has 0 saturated carbocycles. The van der Waals surface area contributed by atoms with E-state index in [2.05, 4.69) is 191 Å². The maximum absolute atomic E-state index is 9.68. The molecule has 10 aromatic carbocycles. The maximum atomic E-state index is 9.68. The summed E-state index contributed by atoms with van der Waals surface area (Å²) in [7, 11) is 0. The lowest BCUT2D eigenvalue weighted by Gasteiger charge is -2.12. The van der Waals surface area contributed by atoms with Crippen molar-refractivity contribution in [2.45, 2.75) is 0 Å². The maximum Gasteiger partial charge on any atom is 0.180 e. The number of para-hydroxylation sites is 2. The summed E-state index contributed by atoms with van der Waals surface area (Å²) in [5, 5.41) is 20.0. The average molecular weight is 854 g/mol. The standard InChI is InChI=1S/C61H35N5O/c62-36-37-12-10-16-40(32-37)43-27-31-49-55(35-43)67-60-57(49)63-61(64-58(60)50-21-11-23-53-56(50)48-20-8-9-22-52(48)65(53)44-17-2-1-3-18-44)39-24-28-45(29-25-39)66-54-34-42-15-5-4-14-41(42)33-51(54)47-30-26-38-13-6-7-19-46(38)59(47)66/h1-35H. The van der Waals surface area contributed by atoms with Gasteiger partial charge < -0.3 is 13.6 Å². The molecule has 4 aromatic heterocycles. The second-order valence-electron chi connectivity index (χ2n) is 17.2. The highest BCUT2D eigenvalue weighted by Gasteiger charge is 2.24. The monoisotopic (exact) mass is 853 g/mol. The van der Waals surface area contributed by atoms with Gasteiger partial charge in [0.1, 0.15) is 16.8 Å². The van der Waals surface area contributed by atoms with Gasteiger partial charge in [0, 0.05) is 54.8 Å². The molecule has 0 bridgehead atoms. The van der Waals surface area contributed by atoms with Crippen LogP contribution < -0.4 is 0 Å². The number of nitriles is 1. The molecule has 6 heteroatoms. The second-order valence-corrected chi connectivity index (χ2v) is 17.2. The minimum Gasteiger partial charge on any atom is -0.452 e. The molecule has 14 aromatic rings. The molecule has 0 spiro atoms. The molecule has 14 rings (SSSR count). The Bertz CT molecular complexity index is 4400. The van der Waals surface area contributed by atoms with Crippen LogP contribution in [-0.2, 0) is 0 Å². The van der Waals surface area contributed by atoms with Gasteiger partial charge in [-0.2, -0.15) is 5.26 Å². The molecule has 0 aliphatic carbocycles. The summed E-state index contributed by atoms with van der Waals surface area (Å²) >= 11 is 0. The van der Waals surface area contributed by atoms with Crippen molar-refractivity contribution < 1.29 is 4.42 Å². The normalized spacial score (nSPS) is 11.9. The van der Waals surface area contributed by atoms with Gasteiger partial charge in [0.05, 0.1) is 33.7 Å². The molecule has 4 heterocycles. The largest absolute Gasteiger partial charge is 0.452 e. The van der Waals surface area contributed by atoms with Gasteiger partial charge in [0.15, 0.2) is 11.4 Å². The van der Waals surface area contributed by atoms with Crippen molar-refractivity contribution in [3.8, 4) is 51.2 Å². The first-order chi connectivity index (χ1) is 33.2. The Balaban J connectivity index is 1.01. The van der Waals surface area contributed by atoms with E-state index < -0.39 is 0 Å². The van der Waals surface area contributed by atoms with E-state index >= 15 is 0 Å². The third kappa shape index (κ3) is 5.62. The van der Waals surface area contributed by atoms with Gasteiger partial charge in [-0.25, -0.2) is 9.97 Å². The van der Waals surface area contributed by atoms with Crippen molar-refractivity contribution in [1.29, 1.82) is 5.26 Å². The third-order valence-electron chi connectivity index (χ3n) is 13.5. The molecule has 0 unspecified atom stereocenters. The lowest BCUT2D eigenvalue weighted by molar-refractivity contribution is 0.667. The van der Waals surface area contributed by atoms with Crippen LogP contribution in [0.5, 0.6) is 0 Å². The Kier molecular flexibility index (Phi) is 7.95. The molecule has 0 amide bonds. The van der Waals surface area contributed by atoms with E-state index in [9.17, 15) is 5.26 Å².